The van der Waals surface area contributed by atoms with Crippen molar-refractivity contribution in [3.05, 3.63) is 69.2 Å². The van der Waals surface area contributed by atoms with Crippen LogP contribution in [0.4, 0.5) is 4.79 Å². The highest BCUT2D eigenvalue weighted by molar-refractivity contribution is 9.10. The Balaban J connectivity index is 1.41. The minimum absolute atomic E-state index is 0.0780. The van der Waals surface area contributed by atoms with E-state index in [9.17, 15) is 4.79 Å². The molecule has 166 valence electrons. The van der Waals surface area contributed by atoms with Gasteiger partial charge in [-0.25, -0.2) is 4.79 Å². The molecule has 0 radical (unpaired) electrons. The summed E-state index contributed by atoms with van der Waals surface area (Å²) < 4.78 is 1.06. The van der Waals surface area contributed by atoms with Crippen LogP contribution in [-0.4, -0.2) is 48.6 Å². The van der Waals surface area contributed by atoms with Crippen molar-refractivity contribution in [1.29, 1.82) is 0 Å². The van der Waals surface area contributed by atoms with Gasteiger partial charge in [-0.1, -0.05) is 77.1 Å². The molecule has 0 aromatic heterocycles. The van der Waals surface area contributed by atoms with Crippen LogP contribution in [0.1, 0.15) is 49.3 Å². The fourth-order valence-electron chi connectivity index (χ4n) is 4.85. The summed E-state index contributed by atoms with van der Waals surface area (Å²) in [5.41, 5.74) is 2.33. The predicted molar refractivity (Wildman–Crippen MR) is 131 cm³/mol. The summed E-state index contributed by atoms with van der Waals surface area (Å²) in [5.74, 6) is 0.654. The number of urea groups is 1. The third kappa shape index (κ3) is 5.82. The molecule has 4 rings (SSSR count). The van der Waals surface area contributed by atoms with Crippen LogP contribution in [0.3, 0.4) is 0 Å². The molecule has 2 fully saturated rings. The zero-order valence-corrected chi connectivity index (χ0v) is 20.2. The van der Waals surface area contributed by atoms with E-state index in [1.165, 1.54) is 37.7 Å². The van der Waals surface area contributed by atoms with Gasteiger partial charge in [0.25, 0.3) is 0 Å². The van der Waals surface area contributed by atoms with Crippen LogP contribution in [0.2, 0.25) is 5.02 Å². The summed E-state index contributed by atoms with van der Waals surface area (Å²) in [6.07, 6.45) is 6.45. The average molecular weight is 505 g/mol. The second kappa shape index (κ2) is 10.8. The molecule has 1 saturated carbocycles. The molecule has 2 aliphatic rings. The van der Waals surface area contributed by atoms with Crippen molar-refractivity contribution in [2.24, 2.45) is 5.92 Å². The lowest BCUT2D eigenvalue weighted by molar-refractivity contribution is 0.119. The molecule has 1 unspecified atom stereocenters. The van der Waals surface area contributed by atoms with Gasteiger partial charge in [0, 0.05) is 42.2 Å². The minimum atomic E-state index is 0.0780. The van der Waals surface area contributed by atoms with Gasteiger partial charge in [0.15, 0.2) is 0 Å². The van der Waals surface area contributed by atoms with E-state index in [1.807, 2.05) is 23.1 Å². The van der Waals surface area contributed by atoms with Gasteiger partial charge in [0.2, 0.25) is 0 Å². The molecule has 1 aliphatic carbocycles. The maximum atomic E-state index is 12.7. The molecule has 2 aromatic carbocycles. The molecule has 0 spiro atoms. The fraction of sp³-hybridized carbons (Fsp3) is 0.480. The smallest absolute Gasteiger partial charge is 0.317 e. The van der Waals surface area contributed by atoms with Crippen molar-refractivity contribution >= 4 is 33.6 Å². The van der Waals surface area contributed by atoms with Crippen molar-refractivity contribution in [2.75, 3.05) is 32.7 Å². The van der Waals surface area contributed by atoms with Crippen LogP contribution in [0.5, 0.6) is 0 Å². The maximum Gasteiger partial charge on any atom is 0.317 e. The number of amides is 2. The van der Waals surface area contributed by atoms with Crippen molar-refractivity contribution in [3.8, 4) is 0 Å². The van der Waals surface area contributed by atoms with E-state index in [0.717, 1.165) is 47.8 Å². The Hall–Kier alpha value is -1.56. The van der Waals surface area contributed by atoms with Gasteiger partial charge in [-0.3, -0.25) is 4.90 Å². The Bertz CT molecular complexity index is 861. The van der Waals surface area contributed by atoms with Crippen molar-refractivity contribution in [1.82, 2.24) is 15.1 Å². The molecular weight excluding hydrogens is 474 g/mol. The van der Waals surface area contributed by atoms with Gasteiger partial charge in [-0.2, -0.15) is 0 Å². The average Bonchev–Trinajstić information content (AvgIpc) is 2.81. The summed E-state index contributed by atoms with van der Waals surface area (Å²) in [6.45, 7) is 3.92. The number of carbonyl (C=O) groups is 1. The summed E-state index contributed by atoms with van der Waals surface area (Å²) in [5, 5.41) is 3.97. The van der Waals surface area contributed by atoms with Crippen molar-refractivity contribution in [2.45, 2.75) is 38.1 Å². The van der Waals surface area contributed by atoms with Gasteiger partial charge in [0.05, 0.1) is 6.04 Å². The Labute approximate surface area is 199 Å². The Morgan fingerprint density at radius 3 is 2.35 bits per heavy atom. The van der Waals surface area contributed by atoms with Gasteiger partial charge in [0.1, 0.15) is 0 Å². The second-order valence-electron chi connectivity index (χ2n) is 8.69. The summed E-state index contributed by atoms with van der Waals surface area (Å²) in [4.78, 5) is 17.1. The lowest BCUT2D eigenvalue weighted by Crippen LogP contribution is -2.53. The fourth-order valence-corrected chi connectivity index (χ4v) is 5.35. The molecule has 4 nitrogen and oxygen atoms in total. The minimum Gasteiger partial charge on any atom is -0.338 e. The molecule has 1 saturated heterocycles. The van der Waals surface area contributed by atoms with Crippen LogP contribution in [-0.2, 0) is 0 Å². The molecule has 31 heavy (non-hydrogen) atoms. The Morgan fingerprint density at radius 1 is 1.00 bits per heavy atom. The summed E-state index contributed by atoms with van der Waals surface area (Å²) >= 11 is 10.1. The molecule has 0 bridgehead atoms. The molecule has 6 heteroatoms. The largest absolute Gasteiger partial charge is 0.338 e. The topological polar surface area (TPSA) is 35.6 Å². The summed E-state index contributed by atoms with van der Waals surface area (Å²) in [6, 6.07) is 16.7. The van der Waals surface area contributed by atoms with E-state index in [1.54, 1.807) is 0 Å². The number of halogens is 2. The first-order valence-electron chi connectivity index (χ1n) is 11.4. The molecule has 1 atom stereocenters. The van der Waals surface area contributed by atoms with E-state index < -0.39 is 0 Å². The Kier molecular flexibility index (Phi) is 7.91. The van der Waals surface area contributed by atoms with E-state index in [0.29, 0.717) is 5.92 Å². The number of hydrogen-bond acceptors (Lipinski definition) is 2. The van der Waals surface area contributed by atoms with Crippen LogP contribution >= 0.6 is 27.5 Å². The first-order chi connectivity index (χ1) is 15.1. The zero-order chi connectivity index (χ0) is 21.6. The van der Waals surface area contributed by atoms with Gasteiger partial charge >= 0.3 is 6.03 Å². The van der Waals surface area contributed by atoms with Crippen LogP contribution < -0.4 is 5.32 Å². The first-order valence-corrected chi connectivity index (χ1v) is 12.6. The highest BCUT2D eigenvalue weighted by Crippen LogP contribution is 2.34. The first kappa shape index (κ1) is 22.6. The number of carbonyl (C=O) groups excluding carboxylic acids is 1. The van der Waals surface area contributed by atoms with E-state index >= 15 is 0 Å². The monoisotopic (exact) mass is 503 g/mol. The lowest BCUT2D eigenvalue weighted by atomic mass is 9.89. The molecule has 2 amide bonds. The highest BCUT2D eigenvalue weighted by atomic mass is 79.9. The maximum absolute atomic E-state index is 12.7. The van der Waals surface area contributed by atoms with Crippen LogP contribution in [0, 0.1) is 5.92 Å². The molecule has 2 aromatic rings. The van der Waals surface area contributed by atoms with Gasteiger partial charge < -0.3 is 10.2 Å². The normalized spacial score (nSPS) is 19.2. The van der Waals surface area contributed by atoms with Crippen LogP contribution in [0.15, 0.2) is 53.0 Å². The zero-order valence-electron chi connectivity index (χ0n) is 17.9. The quantitative estimate of drug-likeness (QED) is 0.534. The number of piperazine rings is 1. The third-order valence-corrected chi connectivity index (χ3v) is 7.49. The molecule has 1 N–H and O–H groups in total. The second-order valence-corrected chi connectivity index (χ2v) is 10.0. The van der Waals surface area contributed by atoms with Crippen LogP contribution in [0.25, 0.3) is 0 Å². The lowest BCUT2D eigenvalue weighted by Gasteiger charge is -2.40. The number of nitrogens with zero attached hydrogens (tertiary/aromatic N) is 2. The Morgan fingerprint density at radius 2 is 1.68 bits per heavy atom. The highest BCUT2D eigenvalue weighted by Gasteiger charge is 2.29. The van der Waals surface area contributed by atoms with Crippen molar-refractivity contribution < 1.29 is 4.79 Å². The molecule has 1 aliphatic heterocycles. The molecule has 1 heterocycles. The van der Waals surface area contributed by atoms with E-state index in [2.05, 4.69) is 56.5 Å². The van der Waals surface area contributed by atoms with Gasteiger partial charge in [-0.05, 0) is 48.1 Å². The predicted octanol–water partition coefficient (Wildman–Crippen LogP) is 6.10. The SMILES string of the molecule is O=C(NCC1CCCCC1)N1CCN(C(c2ccc(Br)cc2)c2ccccc2Cl)CC1. The number of nitrogens with one attached hydrogen (secondary N) is 1. The number of benzene rings is 2. The van der Waals surface area contributed by atoms with E-state index in [4.69, 9.17) is 11.6 Å². The standard InChI is InChI=1S/C25H31BrClN3O/c26-21-12-10-20(11-13-21)24(22-8-4-5-9-23(22)27)29-14-16-30(17-15-29)25(31)28-18-19-6-2-1-3-7-19/h4-5,8-13,19,24H,1-3,6-7,14-18H2,(H,28,31). The molecular formula is C25H31BrClN3O. The third-order valence-electron chi connectivity index (χ3n) is 6.62. The summed E-state index contributed by atoms with van der Waals surface area (Å²) in [7, 11) is 0. The van der Waals surface area contributed by atoms with Gasteiger partial charge in [-0.15, -0.1) is 0 Å². The number of hydrogen-bond donors (Lipinski definition) is 1. The van der Waals surface area contributed by atoms with Crippen molar-refractivity contribution in [3.63, 3.8) is 0 Å². The number of rotatable bonds is 5. The van der Waals surface area contributed by atoms with E-state index in [-0.39, 0.29) is 12.1 Å².